The highest BCUT2D eigenvalue weighted by Gasteiger charge is 1.99. The average Bonchev–Trinajstić information content (AvgIpc) is 2.34. The van der Waals surface area contributed by atoms with Crippen LogP contribution in [0.15, 0.2) is 30.5 Å². The minimum Gasteiger partial charge on any atom is -0.387 e. The summed E-state index contributed by atoms with van der Waals surface area (Å²) in [4.78, 5) is 0. The van der Waals surface area contributed by atoms with Crippen molar-refractivity contribution in [1.29, 1.82) is 0 Å². The van der Waals surface area contributed by atoms with Gasteiger partial charge in [0.1, 0.15) is 0 Å². The van der Waals surface area contributed by atoms with E-state index in [4.69, 9.17) is 0 Å². The van der Waals surface area contributed by atoms with Crippen molar-refractivity contribution in [3.8, 4) is 0 Å². The largest absolute Gasteiger partial charge is 0.387 e. The Kier molecular flexibility index (Phi) is 7.62. The molecule has 0 fully saturated rings. The molecule has 78 valence electrons. The van der Waals surface area contributed by atoms with Crippen LogP contribution in [0.4, 0.5) is 0 Å². The third-order valence-electron chi connectivity index (χ3n) is 1.73. The standard InChI is InChI=1S/C9H9N.2C2H6/c1-2-4-9-7-10-6-5-8(9)3-1;2*1-2/h1-6,10H,7H2;2*1-2H3. The third-order valence-corrected chi connectivity index (χ3v) is 1.73. The lowest BCUT2D eigenvalue weighted by Gasteiger charge is -2.10. The molecule has 1 heterocycles. The molecule has 1 nitrogen and oxygen atoms in total. The van der Waals surface area contributed by atoms with E-state index < -0.39 is 0 Å². The topological polar surface area (TPSA) is 12.0 Å². The van der Waals surface area contributed by atoms with Crippen LogP contribution in [0.3, 0.4) is 0 Å². The molecule has 1 N–H and O–H groups in total. The number of hydrogen-bond donors (Lipinski definition) is 1. The van der Waals surface area contributed by atoms with Gasteiger partial charge in [-0.1, -0.05) is 52.0 Å². The molecule has 2 rings (SSSR count). The molecule has 1 aliphatic rings. The molecule has 1 aliphatic heterocycles. The van der Waals surface area contributed by atoms with Gasteiger partial charge in [0.05, 0.1) is 0 Å². The number of rotatable bonds is 0. The van der Waals surface area contributed by atoms with Gasteiger partial charge in [-0.15, -0.1) is 0 Å². The molecule has 0 amide bonds. The highest BCUT2D eigenvalue weighted by atomic mass is 14.8. The smallest absolute Gasteiger partial charge is 0.0401 e. The van der Waals surface area contributed by atoms with Crippen molar-refractivity contribution in [2.45, 2.75) is 34.2 Å². The highest BCUT2D eigenvalue weighted by Crippen LogP contribution is 2.12. The van der Waals surface area contributed by atoms with Crippen molar-refractivity contribution >= 4 is 6.08 Å². The minimum atomic E-state index is 0.965. The summed E-state index contributed by atoms with van der Waals surface area (Å²) in [7, 11) is 0. The van der Waals surface area contributed by atoms with E-state index in [0.29, 0.717) is 0 Å². The molecule has 0 aromatic heterocycles. The zero-order chi connectivity index (χ0) is 10.8. The Bertz CT molecular complexity index is 264. The first-order chi connectivity index (χ1) is 6.97. The van der Waals surface area contributed by atoms with Gasteiger partial charge in [-0.3, -0.25) is 0 Å². The summed E-state index contributed by atoms with van der Waals surface area (Å²) in [5.74, 6) is 0. The lowest BCUT2D eigenvalue weighted by Crippen LogP contribution is -2.09. The van der Waals surface area contributed by atoms with Crippen LogP contribution < -0.4 is 5.32 Å². The molecule has 1 aromatic carbocycles. The molecule has 14 heavy (non-hydrogen) atoms. The fourth-order valence-electron chi connectivity index (χ4n) is 1.18. The summed E-state index contributed by atoms with van der Waals surface area (Å²) < 4.78 is 0. The molecule has 0 bridgehead atoms. The van der Waals surface area contributed by atoms with E-state index in [1.165, 1.54) is 11.1 Å². The van der Waals surface area contributed by atoms with Gasteiger partial charge in [0.25, 0.3) is 0 Å². The zero-order valence-electron chi connectivity index (χ0n) is 9.67. The van der Waals surface area contributed by atoms with E-state index in [1.807, 2.05) is 33.9 Å². The maximum atomic E-state index is 3.16. The highest BCUT2D eigenvalue weighted by molar-refractivity contribution is 5.55. The summed E-state index contributed by atoms with van der Waals surface area (Å²) in [6.07, 6.45) is 4.08. The lowest BCUT2D eigenvalue weighted by molar-refractivity contribution is 0.859. The predicted molar refractivity (Wildman–Crippen MR) is 65.0 cm³/mol. The molecular weight excluding hydrogens is 170 g/mol. The number of hydrogen-bond acceptors (Lipinski definition) is 1. The number of benzene rings is 1. The molecule has 1 aromatic rings. The number of nitrogens with one attached hydrogen (secondary N) is 1. The molecule has 0 aliphatic carbocycles. The minimum absolute atomic E-state index is 0.965. The van der Waals surface area contributed by atoms with E-state index >= 15 is 0 Å². The fraction of sp³-hybridized carbons (Fsp3) is 0.385. The first-order valence-electron chi connectivity index (χ1n) is 5.45. The maximum Gasteiger partial charge on any atom is 0.0401 e. The predicted octanol–water partition coefficient (Wildman–Crippen LogP) is 3.81. The first-order valence-corrected chi connectivity index (χ1v) is 5.45. The monoisotopic (exact) mass is 191 g/mol. The van der Waals surface area contributed by atoms with Gasteiger partial charge in [0, 0.05) is 6.54 Å². The molecule has 1 heteroatoms. The second-order valence-electron chi connectivity index (χ2n) is 2.41. The van der Waals surface area contributed by atoms with Gasteiger partial charge in [-0.05, 0) is 23.4 Å². The lowest BCUT2D eigenvalue weighted by atomic mass is 10.1. The van der Waals surface area contributed by atoms with Gasteiger partial charge in [-0.25, -0.2) is 0 Å². The summed E-state index contributed by atoms with van der Waals surface area (Å²) in [6, 6.07) is 8.41. The fourth-order valence-corrected chi connectivity index (χ4v) is 1.18. The van der Waals surface area contributed by atoms with Crippen molar-refractivity contribution in [3.63, 3.8) is 0 Å². The normalized spacial score (nSPS) is 10.9. The van der Waals surface area contributed by atoms with Crippen LogP contribution in [0.5, 0.6) is 0 Å². The Balaban J connectivity index is 0.000000379. The Hall–Kier alpha value is -1.24. The van der Waals surface area contributed by atoms with Crippen molar-refractivity contribution < 1.29 is 0 Å². The quantitative estimate of drug-likeness (QED) is 0.657. The summed E-state index contributed by atoms with van der Waals surface area (Å²) in [5, 5.41) is 3.16. The second kappa shape index (κ2) is 8.36. The van der Waals surface area contributed by atoms with Crippen molar-refractivity contribution in [2.24, 2.45) is 0 Å². The van der Waals surface area contributed by atoms with Gasteiger partial charge in [0.15, 0.2) is 0 Å². The van der Waals surface area contributed by atoms with Gasteiger partial charge < -0.3 is 5.32 Å². The van der Waals surface area contributed by atoms with E-state index in [1.54, 1.807) is 0 Å². The van der Waals surface area contributed by atoms with E-state index in [9.17, 15) is 0 Å². The summed E-state index contributed by atoms with van der Waals surface area (Å²) >= 11 is 0. The van der Waals surface area contributed by atoms with Gasteiger partial charge >= 0.3 is 0 Å². The second-order valence-corrected chi connectivity index (χ2v) is 2.41. The van der Waals surface area contributed by atoms with Gasteiger partial charge in [-0.2, -0.15) is 0 Å². The van der Waals surface area contributed by atoms with Crippen LogP contribution in [0.2, 0.25) is 0 Å². The van der Waals surface area contributed by atoms with E-state index in [2.05, 4.69) is 35.7 Å². The van der Waals surface area contributed by atoms with Crippen molar-refractivity contribution in [3.05, 3.63) is 41.6 Å². The first kappa shape index (κ1) is 12.8. The third kappa shape index (κ3) is 3.65. The van der Waals surface area contributed by atoms with E-state index in [-0.39, 0.29) is 0 Å². The van der Waals surface area contributed by atoms with Crippen molar-refractivity contribution in [1.82, 2.24) is 5.32 Å². The van der Waals surface area contributed by atoms with Crippen LogP contribution in [0.1, 0.15) is 38.8 Å². The molecular formula is C13H21N. The SMILES string of the molecule is C1=Cc2ccccc2CN1.CC.CC. The van der Waals surface area contributed by atoms with Crippen LogP contribution in [0, 0.1) is 0 Å². The molecule has 0 saturated heterocycles. The van der Waals surface area contributed by atoms with Crippen LogP contribution in [-0.4, -0.2) is 0 Å². The average molecular weight is 191 g/mol. The van der Waals surface area contributed by atoms with Gasteiger partial charge in [0.2, 0.25) is 0 Å². The Morgan fingerprint density at radius 2 is 1.64 bits per heavy atom. The van der Waals surface area contributed by atoms with E-state index in [0.717, 1.165) is 6.54 Å². The van der Waals surface area contributed by atoms with Crippen LogP contribution in [0.25, 0.3) is 6.08 Å². The summed E-state index contributed by atoms with van der Waals surface area (Å²) in [5.41, 5.74) is 2.71. The van der Waals surface area contributed by atoms with Crippen LogP contribution in [-0.2, 0) is 6.54 Å². The Morgan fingerprint density at radius 1 is 1.00 bits per heavy atom. The van der Waals surface area contributed by atoms with Crippen molar-refractivity contribution in [2.75, 3.05) is 0 Å². The maximum absolute atomic E-state index is 3.16. The molecule has 0 radical (unpaired) electrons. The Labute approximate surface area is 87.9 Å². The Morgan fingerprint density at radius 3 is 2.29 bits per heavy atom. The summed E-state index contributed by atoms with van der Waals surface area (Å²) in [6.45, 7) is 8.96. The molecule has 0 atom stereocenters. The molecule has 0 unspecified atom stereocenters. The van der Waals surface area contributed by atoms with Crippen LogP contribution >= 0.6 is 0 Å². The molecule has 0 saturated carbocycles. The molecule has 0 spiro atoms. The zero-order valence-corrected chi connectivity index (χ0v) is 9.67. The number of fused-ring (bicyclic) bond motifs is 1.